The predicted molar refractivity (Wildman–Crippen MR) is 155 cm³/mol. The Hall–Kier alpha value is -3.38. The Morgan fingerprint density at radius 1 is 1.13 bits per heavy atom. The number of ether oxygens (including phenoxy) is 1. The van der Waals surface area contributed by atoms with E-state index < -0.39 is 29.9 Å². The number of thioether (sulfide) groups is 2. The van der Waals surface area contributed by atoms with Crippen LogP contribution in [0.4, 0.5) is 10.5 Å². The lowest BCUT2D eigenvalue weighted by Crippen LogP contribution is -2.60. The molecule has 39 heavy (non-hydrogen) atoms. The predicted octanol–water partition coefficient (Wildman–Crippen LogP) is 2.47. The summed E-state index contributed by atoms with van der Waals surface area (Å²) in [5, 5.41) is 8.57. The van der Waals surface area contributed by atoms with E-state index >= 15 is 0 Å². The van der Waals surface area contributed by atoms with Gasteiger partial charge >= 0.3 is 6.03 Å². The van der Waals surface area contributed by atoms with Gasteiger partial charge in [-0.15, -0.1) is 11.8 Å². The lowest BCUT2D eigenvalue weighted by Gasteiger charge is -2.39. The average molecular weight is 574 g/mol. The van der Waals surface area contributed by atoms with Crippen LogP contribution in [0.1, 0.15) is 18.4 Å². The summed E-state index contributed by atoms with van der Waals surface area (Å²) in [5.41, 5.74) is 7.03. The van der Waals surface area contributed by atoms with E-state index in [2.05, 4.69) is 16.0 Å². The first-order valence-electron chi connectivity index (χ1n) is 12.5. The fraction of sp³-hybridized carbons (Fsp3) is 0.407. The molecule has 0 aliphatic carbocycles. The number of anilines is 1. The summed E-state index contributed by atoms with van der Waals surface area (Å²) in [5.74, 6) is -0.365. The minimum absolute atomic E-state index is 0.132. The monoisotopic (exact) mass is 573 g/mol. The van der Waals surface area contributed by atoms with E-state index in [1.165, 1.54) is 16.7 Å². The van der Waals surface area contributed by atoms with E-state index in [0.29, 0.717) is 23.6 Å². The zero-order valence-electron chi connectivity index (χ0n) is 22.3. The number of carbonyl (C=O) groups excluding carboxylic acids is 4. The van der Waals surface area contributed by atoms with Crippen LogP contribution >= 0.6 is 23.5 Å². The number of nitrogens with two attached hydrogens (primary N) is 1. The molecule has 0 bridgehead atoms. The van der Waals surface area contributed by atoms with Crippen LogP contribution in [-0.4, -0.2) is 78.7 Å². The number of hydrogen-bond acceptors (Lipinski definition) is 7. The number of piperidine rings is 1. The van der Waals surface area contributed by atoms with Gasteiger partial charge in [0.1, 0.15) is 17.8 Å². The molecule has 3 atom stereocenters. The van der Waals surface area contributed by atoms with E-state index in [1.807, 2.05) is 30.7 Å². The summed E-state index contributed by atoms with van der Waals surface area (Å²) < 4.78 is 5.17. The minimum atomic E-state index is -0.986. The zero-order valence-corrected chi connectivity index (χ0v) is 23.9. The fourth-order valence-corrected chi connectivity index (χ4v) is 5.18. The number of benzene rings is 2. The Morgan fingerprint density at radius 3 is 2.51 bits per heavy atom. The Labute approximate surface area is 237 Å². The molecule has 1 heterocycles. The molecule has 5 amide bonds. The Kier molecular flexibility index (Phi) is 11.4. The number of amides is 5. The van der Waals surface area contributed by atoms with Gasteiger partial charge in [-0.2, -0.15) is 11.8 Å². The fourth-order valence-electron chi connectivity index (χ4n) is 4.37. The molecule has 1 fully saturated rings. The van der Waals surface area contributed by atoms with Crippen molar-refractivity contribution >= 4 is 53.0 Å². The van der Waals surface area contributed by atoms with E-state index in [1.54, 1.807) is 49.2 Å². The van der Waals surface area contributed by atoms with E-state index in [-0.39, 0.29) is 31.3 Å². The van der Waals surface area contributed by atoms with Crippen LogP contribution in [0.25, 0.3) is 0 Å². The van der Waals surface area contributed by atoms with Crippen molar-refractivity contribution in [3.05, 3.63) is 54.1 Å². The number of carbonyl (C=O) groups is 4. The van der Waals surface area contributed by atoms with Crippen molar-refractivity contribution in [2.75, 3.05) is 37.2 Å². The third-order valence-electron chi connectivity index (χ3n) is 6.39. The van der Waals surface area contributed by atoms with Crippen molar-refractivity contribution in [1.82, 2.24) is 15.5 Å². The largest absolute Gasteiger partial charge is 0.497 e. The van der Waals surface area contributed by atoms with Gasteiger partial charge in [0, 0.05) is 29.6 Å². The van der Waals surface area contributed by atoms with Crippen LogP contribution in [0.5, 0.6) is 5.75 Å². The number of hydrogen-bond donors (Lipinski definition) is 4. The molecule has 1 aliphatic rings. The quantitative estimate of drug-likeness (QED) is 0.303. The Balaban J connectivity index is 1.77. The molecule has 0 unspecified atom stereocenters. The van der Waals surface area contributed by atoms with Crippen molar-refractivity contribution < 1.29 is 23.9 Å². The third-order valence-corrected chi connectivity index (χ3v) is 7.66. The molecule has 0 saturated carbocycles. The second-order valence-electron chi connectivity index (χ2n) is 9.11. The van der Waals surface area contributed by atoms with Gasteiger partial charge in [-0.25, -0.2) is 4.79 Å². The number of primary amides is 1. The highest BCUT2D eigenvalue weighted by atomic mass is 32.2. The Bertz CT molecular complexity index is 1160. The van der Waals surface area contributed by atoms with Gasteiger partial charge in [0.2, 0.25) is 17.7 Å². The first kappa shape index (κ1) is 30.2. The number of methoxy groups -OCH3 is 1. The molecule has 3 rings (SSSR count). The normalized spacial score (nSPS) is 17.6. The minimum Gasteiger partial charge on any atom is -0.497 e. The van der Waals surface area contributed by atoms with Crippen molar-refractivity contribution in [1.29, 1.82) is 0 Å². The summed E-state index contributed by atoms with van der Waals surface area (Å²) >= 11 is 2.95. The highest BCUT2D eigenvalue weighted by molar-refractivity contribution is 7.99. The molecule has 2 aromatic rings. The second-order valence-corrected chi connectivity index (χ2v) is 10.9. The van der Waals surface area contributed by atoms with Crippen molar-refractivity contribution in [2.24, 2.45) is 5.73 Å². The van der Waals surface area contributed by atoms with Gasteiger partial charge in [0.05, 0.1) is 12.9 Å². The molecule has 2 aromatic carbocycles. The lowest BCUT2D eigenvalue weighted by molar-refractivity contribution is -0.131. The summed E-state index contributed by atoms with van der Waals surface area (Å²) in [4.78, 5) is 53.8. The zero-order chi connectivity index (χ0) is 28.4. The number of urea groups is 1. The molecular weight excluding hydrogens is 538 g/mol. The number of rotatable bonds is 11. The number of nitrogens with one attached hydrogen (secondary N) is 3. The summed E-state index contributed by atoms with van der Waals surface area (Å²) in [6.07, 6.45) is 4.66. The number of likely N-dealkylation sites (tertiary alicyclic amines) is 1. The van der Waals surface area contributed by atoms with Crippen LogP contribution in [-0.2, 0) is 20.8 Å². The Morgan fingerprint density at radius 2 is 1.87 bits per heavy atom. The molecular formula is C27H35N5O5S2. The average Bonchev–Trinajstić information content (AvgIpc) is 2.93. The van der Waals surface area contributed by atoms with Crippen LogP contribution in [0.3, 0.4) is 0 Å². The van der Waals surface area contributed by atoms with Gasteiger partial charge in [0.25, 0.3) is 0 Å². The molecule has 12 heteroatoms. The summed E-state index contributed by atoms with van der Waals surface area (Å²) in [7, 11) is 1.56. The number of nitrogens with zero attached hydrogens (tertiary/aromatic N) is 1. The first-order valence-corrected chi connectivity index (χ1v) is 15.1. The van der Waals surface area contributed by atoms with Crippen molar-refractivity contribution in [3.63, 3.8) is 0 Å². The second kappa shape index (κ2) is 14.7. The maximum atomic E-state index is 13.5. The SMILES string of the molecule is COc1ccc(C[C@H](NC(=O)[C@@H]2C[C@@H](NC(=O)CSC)CCN2C(=O)Nc2cccc(SC)c2)C(N)=O)cc1. The lowest BCUT2D eigenvalue weighted by atomic mass is 9.95. The maximum Gasteiger partial charge on any atom is 0.322 e. The standard InChI is InChI=1S/C27H35N5O5S2/c1-37-20-9-7-17(8-10-20)13-22(25(28)34)31-26(35)23-15-19(29-24(33)16-38-2)11-12-32(23)27(36)30-18-5-4-6-21(14-18)39-3/h4-10,14,19,22-23H,11-13,15-16H2,1-3H3,(H2,28,34)(H,29,33)(H,30,36)(H,31,35)/t19-,22-,23-/m0/s1. The van der Waals surface area contributed by atoms with Gasteiger partial charge < -0.3 is 31.3 Å². The molecule has 210 valence electrons. The maximum absolute atomic E-state index is 13.5. The topological polar surface area (TPSA) is 143 Å². The summed E-state index contributed by atoms with van der Waals surface area (Å²) in [6.45, 7) is 0.246. The van der Waals surface area contributed by atoms with Crippen LogP contribution in [0.15, 0.2) is 53.4 Å². The summed E-state index contributed by atoms with van der Waals surface area (Å²) in [6, 6.07) is 11.9. The molecule has 0 aromatic heterocycles. The van der Waals surface area contributed by atoms with E-state index in [0.717, 1.165) is 10.5 Å². The van der Waals surface area contributed by atoms with Gasteiger partial charge in [0.15, 0.2) is 0 Å². The van der Waals surface area contributed by atoms with Crippen molar-refractivity contribution in [3.8, 4) is 5.75 Å². The van der Waals surface area contributed by atoms with Crippen LogP contribution in [0, 0.1) is 0 Å². The first-order chi connectivity index (χ1) is 18.7. The van der Waals surface area contributed by atoms with Gasteiger partial charge in [-0.1, -0.05) is 18.2 Å². The van der Waals surface area contributed by atoms with E-state index in [4.69, 9.17) is 10.5 Å². The highest BCUT2D eigenvalue weighted by Crippen LogP contribution is 2.23. The molecule has 0 radical (unpaired) electrons. The van der Waals surface area contributed by atoms with E-state index in [9.17, 15) is 19.2 Å². The molecule has 1 saturated heterocycles. The van der Waals surface area contributed by atoms with Crippen molar-refractivity contribution in [2.45, 2.75) is 42.3 Å². The third kappa shape index (κ3) is 8.82. The molecule has 1 aliphatic heterocycles. The molecule has 10 nitrogen and oxygen atoms in total. The van der Waals surface area contributed by atoms with Gasteiger partial charge in [-0.05, 0) is 61.2 Å². The van der Waals surface area contributed by atoms with Crippen LogP contribution in [0.2, 0.25) is 0 Å². The molecule has 5 N–H and O–H groups in total. The van der Waals surface area contributed by atoms with Gasteiger partial charge in [-0.3, -0.25) is 14.4 Å². The highest BCUT2D eigenvalue weighted by Gasteiger charge is 2.38. The molecule has 0 spiro atoms. The smallest absolute Gasteiger partial charge is 0.322 e. The van der Waals surface area contributed by atoms with Crippen LogP contribution < -0.4 is 26.4 Å².